The van der Waals surface area contributed by atoms with E-state index in [2.05, 4.69) is 6.07 Å². The summed E-state index contributed by atoms with van der Waals surface area (Å²) in [5, 5.41) is 15.2. The van der Waals surface area contributed by atoms with Gasteiger partial charge in [-0.3, -0.25) is 10.8 Å². The Balaban J connectivity index is 1.34. The molecule has 1 saturated heterocycles. The lowest BCUT2D eigenvalue weighted by Gasteiger charge is -2.19. The molecule has 1 unspecified atom stereocenters. The van der Waals surface area contributed by atoms with Crippen molar-refractivity contribution in [1.29, 1.82) is 10.8 Å². The Labute approximate surface area is 182 Å². The molecular weight excluding hydrogens is 392 g/mol. The van der Waals surface area contributed by atoms with Gasteiger partial charge in [0.05, 0.1) is 6.54 Å². The predicted octanol–water partition coefficient (Wildman–Crippen LogP) is 1.91. The number of fused-ring (bicyclic) bond motifs is 1. The quantitative estimate of drug-likeness (QED) is 0.431. The average molecular weight is 423 g/mol. The van der Waals surface area contributed by atoms with E-state index >= 15 is 0 Å². The Morgan fingerprint density at radius 2 is 1.68 bits per heavy atom. The molecule has 8 heteroatoms. The topological polar surface area (TPSA) is 125 Å². The van der Waals surface area contributed by atoms with Crippen LogP contribution in [0.15, 0.2) is 42.5 Å². The van der Waals surface area contributed by atoms with E-state index in [4.69, 9.17) is 31.8 Å². The van der Waals surface area contributed by atoms with Crippen LogP contribution in [-0.4, -0.2) is 54.0 Å². The number of nitrogens with one attached hydrogen (secondary N) is 2. The molecule has 2 aromatic rings. The molecule has 31 heavy (non-hydrogen) atoms. The molecule has 0 radical (unpaired) electrons. The number of hydrogen-bond acceptors (Lipinski definition) is 4. The van der Waals surface area contributed by atoms with Crippen LogP contribution >= 0.6 is 0 Å². The van der Waals surface area contributed by atoms with Crippen molar-refractivity contribution in [3.63, 3.8) is 0 Å². The third-order valence-electron chi connectivity index (χ3n) is 5.96. The highest BCUT2D eigenvalue weighted by Crippen LogP contribution is 2.27. The number of nitrogens with zero attached hydrogens (tertiary/aromatic N) is 2. The highest BCUT2D eigenvalue weighted by molar-refractivity contribution is 5.75. The van der Waals surface area contributed by atoms with Crippen LogP contribution in [0.2, 0.25) is 0 Å². The standard InChI is InChI=1S/C23H30N6O2/c24-22(25)28-11-8-17-2-1-3-21(20(17)10-13-28)30-15-16-4-6-18(7-5-16)31-19-9-12-29(14-19)23(26)27/h1-7,19H,8-15H2,(H3,24,25)(H3,26,27). The number of nitrogens with two attached hydrogens (primary N) is 2. The molecule has 2 aromatic carbocycles. The van der Waals surface area contributed by atoms with Gasteiger partial charge in [0.25, 0.3) is 0 Å². The van der Waals surface area contributed by atoms with E-state index in [1.807, 2.05) is 46.2 Å². The molecule has 2 heterocycles. The summed E-state index contributed by atoms with van der Waals surface area (Å²) >= 11 is 0. The van der Waals surface area contributed by atoms with Gasteiger partial charge < -0.3 is 30.7 Å². The lowest BCUT2D eigenvalue weighted by Crippen LogP contribution is -2.38. The summed E-state index contributed by atoms with van der Waals surface area (Å²) in [5.41, 5.74) is 14.8. The van der Waals surface area contributed by atoms with Gasteiger partial charge in [0.1, 0.15) is 24.2 Å². The molecule has 0 aliphatic carbocycles. The normalized spacial score (nSPS) is 18.3. The summed E-state index contributed by atoms with van der Waals surface area (Å²) in [4.78, 5) is 3.73. The Morgan fingerprint density at radius 1 is 0.935 bits per heavy atom. The molecule has 2 aliphatic heterocycles. The molecule has 1 atom stereocenters. The van der Waals surface area contributed by atoms with Crippen LogP contribution < -0.4 is 20.9 Å². The predicted molar refractivity (Wildman–Crippen MR) is 121 cm³/mol. The maximum atomic E-state index is 7.70. The fourth-order valence-corrected chi connectivity index (χ4v) is 4.18. The number of likely N-dealkylation sites (tertiary alicyclic amines) is 1. The largest absolute Gasteiger partial charge is 0.489 e. The highest BCUT2D eigenvalue weighted by atomic mass is 16.5. The second-order valence-electron chi connectivity index (χ2n) is 8.06. The zero-order valence-corrected chi connectivity index (χ0v) is 17.6. The average Bonchev–Trinajstić information content (AvgIpc) is 3.11. The Hall–Kier alpha value is -3.42. The minimum atomic E-state index is 0.0559. The fourth-order valence-electron chi connectivity index (χ4n) is 4.18. The van der Waals surface area contributed by atoms with E-state index in [1.165, 1.54) is 11.1 Å². The third kappa shape index (κ3) is 5.02. The first-order valence-electron chi connectivity index (χ1n) is 10.7. The van der Waals surface area contributed by atoms with Gasteiger partial charge in [-0.25, -0.2) is 0 Å². The van der Waals surface area contributed by atoms with Crippen LogP contribution in [0, 0.1) is 10.8 Å². The zero-order chi connectivity index (χ0) is 21.8. The second-order valence-corrected chi connectivity index (χ2v) is 8.06. The van der Waals surface area contributed by atoms with E-state index in [9.17, 15) is 0 Å². The van der Waals surface area contributed by atoms with Gasteiger partial charge in [-0.1, -0.05) is 24.3 Å². The first-order chi connectivity index (χ1) is 15.0. The van der Waals surface area contributed by atoms with Gasteiger partial charge in [-0.2, -0.15) is 0 Å². The van der Waals surface area contributed by atoms with E-state index in [1.54, 1.807) is 0 Å². The molecule has 0 amide bonds. The molecule has 4 rings (SSSR count). The van der Waals surface area contributed by atoms with Gasteiger partial charge in [-0.15, -0.1) is 0 Å². The van der Waals surface area contributed by atoms with E-state index in [0.717, 1.165) is 56.0 Å². The number of ether oxygens (including phenoxy) is 2. The summed E-state index contributed by atoms with van der Waals surface area (Å²) in [6, 6.07) is 14.1. The Kier molecular flexibility index (Phi) is 6.16. The van der Waals surface area contributed by atoms with Crippen molar-refractivity contribution >= 4 is 11.9 Å². The van der Waals surface area contributed by atoms with Gasteiger partial charge in [-0.05, 0) is 47.7 Å². The second kappa shape index (κ2) is 9.16. The van der Waals surface area contributed by atoms with Crippen LogP contribution in [0.3, 0.4) is 0 Å². The SMILES string of the molecule is N=C(N)N1CCc2cccc(OCc3ccc(OC4CCN(C(=N)N)C4)cc3)c2CC1. The van der Waals surface area contributed by atoms with Crippen molar-refractivity contribution in [3.8, 4) is 11.5 Å². The van der Waals surface area contributed by atoms with Gasteiger partial charge in [0.2, 0.25) is 0 Å². The van der Waals surface area contributed by atoms with Crippen molar-refractivity contribution in [1.82, 2.24) is 9.80 Å². The molecule has 0 saturated carbocycles. The summed E-state index contributed by atoms with van der Waals surface area (Å²) in [6.45, 7) is 3.39. The van der Waals surface area contributed by atoms with Crippen molar-refractivity contribution in [2.45, 2.75) is 32.0 Å². The van der Waals surface area contributed by atoms with Crippen molar-refractivity contribution in [2.24, 2.45) is 11.5 Å². The van der Waals surface area contributed by atoms with E-state index in [0.29, 0.717) is 13.2 Å². The lowest BCUT2D eigenvalue weighted by molar-refractivity contribution is 0.214. The first kappa shape index (κ1) is 20.8. The van der Waals surface area contributed by atoms with E-state index < -0.39 is 0 Å². The summed E-state index contributed by atoms with van der Waals surface area (Å²) < 4.78 is 12.2. The molecule has 8 nitrogen and oxygen atoms in total. The highest BCUT2D eigenvalue weighted by Gasteiger charge is 2.24. The lowest BCUT2D eigenvalue weighted by atomic mass is 10.0. The van der Waals surface area contributed by atoms with Crippen molar-refractivity contribution in [3.05, 3.63) is 59.2 Å². The smallest absolute Gasteiger partial charge is 0.188 e. The molecule has 2 aliphatic rings. The summed E-state index contributed by atoms with van der Waals surface area (Å²) in [5.74, 6) is 1.95. The van der Waals surface area contributed by atoms with Crippen LogP contribution in [0.4, 0.5) is 0 Å². The molecule has 1 fully saturated rings. The molecule has 0 bridgehead atoms. The van der Waals surface area contributed by atoms with Crippen LogP contribution in [-0.2, 0) is 19.4 Å². The minimum absolute atomic E-state index is 0.0559. The fraction of sp³-hybridized carbons (Fsp3) is 0.391. The zero-order valence-electron chi connectivity index (χ0n) is 17.6. The van der Waals surface area contributed by atoms with Crippen LogP contribution in [0.25, 0.3) is 0 Å². The van der Waals surface area contributed by atoms with Crippen LogP contribution in [0.5, 0.6) is 11.5 Å². The Morgan fingerprint density at radius 3 is 2.39 bits per heavy atom. The van der Waals surface area contributed by atoms with E-state index in [-0.39, 0.29) is 18.0 Å². The molecular formula is C23H30N6O2. The van der Waals surface area contributed by atoms with Crippen molar-refractivity contribution < 1.29 is 9.47 Å². The summed E-state index contributed by atoms with van der Waals surface area (Å²) in [7, 11) is 0. The first-order valence-corrected chi connectivity index (χ1v) is 10.7. The summed E-state index contributed by atoms with van der Waals surface area (Å²) in [6.07, 6.45) is 2.60. The molecule has 0 aromatic heterocycles. The number of rotatable bonds is 5. The minimum Gasteiger partial charge on any atom is -0.489 e. The van der Waals surface area contributed by atoms with Crippen LogP contribution in [0.1, 0.15) is 23.1 Å². The molecule has 164 valence electrons. The monoisotopic (exact) mass is 422 g/mol. The van der Waals surface area contributed by atoms with Gasteiger partial charge in [0.15, 0.2) is 11.9 Å². The van der Waals surface area contributed by atoms with Gasteiger partial charge >= 0.3 is 0 Å². The number of guanidine groups is 2. The third-order valence-corrected chi connectivity index (χ3v) is 5.96. The van der Waals surface area contributed by atoms with Gasteiger partial charge in [0, 0.05) is 26.1 Å². The Bertz CT molecular complexity index is 946. The maximum Gasteiger partial charge on any atom is 0.188 e. The molecule has 6 N–H and O–H groups in total. The number of benzene rings is 2. The maximum absolute atomic E-state index is 7.70. The number of hydrogen-bond donors (Lipinski definition) is 4. The molecule has 0 spiro atoms. The van der Waals surface area contributed by atoms with Crippen molar-refractivity contribution in [2.75, 3.05) is 26.2 Å².